The van der Waals surface area contributed by atoms with Gasteiger partial charge in [-0.25, -0.2) is 21.2 Å². The SMILES string of the molecule is CS(=O)(=O)c1ccccc1-c1ccc(N2CCCC(NS(=O)(=O)c3ccc(Cl)cc3)C2=O)c(F)c1. The lowest BCUT2D eigenvalue weighted by Crippen LogP contribution is -2.52. The van der Waals surface area contributed by atoms with Crippen LogP contribution in [0.3, 0.4) is 0 Å². The van der Waals surface area contributed by atoms with Gasteiger partial charge in [-0.1, -0.05) is 35.9 Å². The molecule has 1 unspecified atom stereocenters. The Morgan fingerprint density at radius 3 is 2.34 bits per heavy atom. The Labute approximate surface area is 208 Å². The molecule has 0 radical (unpaired) electrons. The van der Waals surface area contributed by atoms with E-state index >= 15 is 4.39 Å². The van der Waals surface area contributed by atoms with E-state index in [4.69, 9.17) is 11.6 Å². The lowest BCUT2D eigenvalue weighted by atomic mass is 10.0. The van der Waals surface area contributed by atoms with Crippen molar-refractivity contribution in [2.24, 2.45) is 0 Å². The minimum Gasteiger partial charge on any atom is -0.308 e. The van der Waals surface area contributed by atoms with Gasteiger partial charge in [0.15, 0.2) is 9.84 Å². The Bertz CT molecular complexity index is 1490. The summed E-state index contributed by atoms with van der Waals surface area (Å²) in [4.78, 5) is 14.4. The third-order valence-corrected chi connectivity index (χ3v) is 8.59. The molecule has 1 aliphatic heterocycles. The highest BCUT2D eigenvalue weighted by atomic mass is 35.5. The summed E-state index contributed by atoms with van der Waals surface area (Å²) in [5.41, 5.74) is 0.682. The van der Waals surface area contributed by atoms with Crippen molar-refractivity contribution in [2.45, 2.75) is 28.7 Å². The summed E-state index contributed by atoms with van der Waals surface area (Å²) in [6.07, 6.45) is 1.80. The number of rotatable bonds is 6. The van der Waals surface area contributed by atoms with Gasteiger partial charge in [0.2, 0.25) is 15.9 Å². The maximum Gasteiger partial charge on any atom is 0.245 e. The first kappa shape index (κ1) is 25.3. The Morgan fingerprint density at radius 2 is 1.69 bits per heavy atom. The Morgan fingerprint density at radius 1 is 1.00 bits per heavy atom. The summed E-state index contributed by atoms with van der Waals surface area (Å²) >= 11 is 5.82. The van der Waals surface area contributed by atoms with Gasteiger partial charge in [0.05, 0.1) is 15.5 Å². The maximum atomic E-state index is 15.2. The number of amides is 1. The number of anilines is 1. The number of carbonyl (C=O) groups is 1. The Hall–Kier alpha value is -2.79. The normalized spacial score (nSPS) is 16.9. The molecule has 0 saturated carbocycles. The van der Waals surface area contributed by atoms with Crippen molar-refractivity contribution in [1.82, 2.24) is 4.72 Å². The van der Waals surface area contributed by atoms with Crippen LogP contribution in [0, 0.1) is 5.82 Å². The minimum atomic E-state index is -3.99. The number of nitrogens with zero attached hydrogens (tertiary/aromatic N) is 1. The van der Waals surface area contributed by atoms with Gasteiger partial charge in [-0.2, -0.15) is 4.72 Å². The molecular formula is C24H22ClFN2O5S2. The van der Waals surface area contributed by atoms with E-state index in [1.807, 2.05) is 0 Å². The van der Waals surface area contributed by atoms with Gasteiger partial charge < -0.3 is 4.90 Å². The number of nitrogens with one attached hydrogen (secondary N) is 1. The lowest BCUT2D eigenvalue weighted by Gasteiger charge is -2.32. The molecule has 1 aliphatic rings. The van der Waals surface area contributed by atoms with E-state index in [1.54, 1.807) is 18.2 Å². The van der Waals surface area contributed by atoms with Crippen LogP contribution in [-0.4, -0.2) is 41.6 Å². The Kier molecular flexibility index (Phi) is 7.01. The monoisotopic (exact) mass is 536 g/mol. The molecular weight excluding hydrogens is 515 g/mol. The van der Waals surface area contributed by atoms with Crippen molar-refractivity contribution >= 4 is 43.1 Å². The van der Waals surface area contributed by atoms with E-state index in [-0.39, 0.29) is 28.4 Å². The standard InChI is InChI=1S/C24H22ClFN2O5S2/c1-34(30,31)23-7-3-2-5-19(23)16-8-13-22(20(26)15-16)28-14-4-6-21(24(28)29)27-35(32,33)18-11-9-17(25)10-12-18/h2-3,5,7-13,15,21,27H,4,6,14H2,1H3. The van der Waals surface area contributed by atoms with Crippen molar-refractivity contribution in [3.63, 3.8) is 0 Å². The maximum absolute atomic E-state index is 15.2. The summed E-state index contributed by atoms with van der Waals surface area (Å²) < 4.78 is 67.3. The van der Waals surface area contributed by atoms with Gasteiger partial charge in [-0.15, -0.1) is 0 Å². The van der Waals surface area contributed by atoms with Crippen LogP contribution in [0.1, 0.15) is 12.8 Å². The minimum absolute atomic E-state index is 0.00835. The average molecular weight is 537 g/mol. The summed E-state index contributed by atoms with van der Waals surface area (Å²) in [7, 11) is -7.54. The molecule has 3 aromatic carbocycles. The fraction of sp³-hybridized carbons (Fsp3) is 0.208. The third kappa shape index (κ3) is 5.40. The molecule has 3 aromatic rings. The number of hydrogen-bond donors (Lipinski definition) is 1. The smallest absolute Gasteiger partial charge is 0.245 e. The van der Waals surface area contributed by atoms with Gasteiger partial charge in [0.25, 0.3) is 0 Å². The first-order valence-corrected chi connectivity index (χ1v) is 14.4. The number of hydrogen-bond acceptors (Lipinski definition) is 5. The van der Waals surface area contributed by atoms with Crippen molar-refractivity contribution < 1.29 is 26.0 Å². The molecule has 0 aliphatic carbocycles. The van der Waals surface area contributed by atoms with E-state index in [0.29, 0.717) is 22.6 Å². The van der Waals surface area contributed by atoms with Crippen LogP contribution in [0.25, 0.3) is 11.1 Å². The molecule has 11 heteroatoms. The highest BCUT2D eigenvalue weighted by Crippen LogP contribution is 2.32. The molecule has 0 bridgehead atoms. The molecule has 1 atom stereocenters. The molecule has 1 heterocycles. The fourth-order valence-corrected chi connectivity index (χ4v) is 6.28. The zero-order valence-corrected chi connectivity index (χ0v) is 21.0. The van der Waals surface area contributed by atoms with Crippen LogP contribution in [0.2, 0.25) is 5.02 Å². The summed E-state index contributed by atoms with van der Waals surface area (Å²) in [6.45, 7) is 0.216. The molecule has 7 nitrogen and oxygen atoms in total. The molecule has 1 fully saturated rings. The third-order valence-electron chi connectivity index (χ3n) is 5.70. The molecule has 184 valence electrons. The van der Waals surface area contributed by atoms with E-state index in [9.17, 15) is 21.6 Å². The summed E-state index contributed by atoms with van der Waals surface area (Å²) in [5.74, 6) is -1.29. The number of carbonyl (C=O) groups excluding carboxylic acids is 1. The fourth-order valence-electron chi connectivity index (χ4n) is 4.01. The van der Waals surface area contributed by atoms with Crippen LogP contribution in [0.4, 0.5) is 10.1 Å². The first-order valence-electron chi connectivity index (χ1n) is 10.7. The number of halogens is 2. The Balaban J connectivity index is 1.60. The van der Waals surface area contributed by atoms with Crippen LogP contribution in [0.5, 0.6) is 0 Å². The van der Waals surface area contributed by atoms with E-state index in [2.05, 4.69) is 4.72 Å². The lowest BCUT2D eigenvalue weighted by molar-refractivity contribution is -0.121. The van der Waals surface area contributed by atoms with Gasteiger partial charge in [0, 0.05) is 23.4 Å². The zero-order valence-electron chi connectivity index (χ0n) is 18.6. The van der Waals surface area contributed by atoms with Crippen LogP contribution in [0.15, 0.2) is 76.5 Å². The highest BCUT2D eigenvalue weighted by molar-refractivity contribution is 7.91. The van der Waals surface area contributed by atoms with Crippen molar-refractivity contribution in [3.8, 4) is 11.1 Å². The second-order valence-corrected chi connectivity index (χ2v) is 12.3. The predicted molar refractivity (Wildman–Crippen MR) is 132 cm³/mol. The molecule has 4 rings (SSSR count). The summed E-state index contributed by atoms with van der Waals surface area (Å²) in [6, 6.07) is 14.9. The van der Waals surface area contributed by atoms with E-state index in [0.717, 1.165) is 6.26 Å². The number of piperidine rings is 1. The zero-order chi connectivity index (χ0) is 25.4. The van der Waals surface area contributed by atoms with E-state index < -0.39 is 37.6 Å². The van der Waals surface area contributed by atoms with E-state index in [1.165, 1.54) is 53.4 Å². The average Bonchev–Trinajstić information content (AvgIpc) is 2.80. The number of sulfone groups is 1. The quantitative estimate of drug-likeness (QED) is 0.513. The molecule has 1 N–H and O–H groups in total. The highest BCUT2D eigenvalue weighted by Gasteiger charge is 2.34. The van der Waals surface area contributed by atoms with Crippen molar-refractivity contribution in [3.05, 3.63) is 77.6 Å². The van der Waals surface area contributed by atoms with Gasteiger partial charge in [-0.3, -0.25) is 4.79 Å². The predicted octanol–water partition coefficient (Wildman–Crippen LogP) is 4.02. The van der Waals surface area contributed by atoms with Gasteiger partial charge >= 0.3 is 0 Å². The molecule has 0 aromatic heterocycles. The molecule has 35 heavy (non-hydrogen) atoms. The second kappa shape index (κ2) is 9.69. The van der Waals surface area contributed by atoms with Gasteiger partial charge in [0.1, 0.15) is 11.9 Å². The molecule has 0 spiro atoms. The largest absolute Gasteiger partial charge is 0.308 e. The second-order valence-electron chi connectivity index (χ2n) is 8.19. The number of benzene rings is 3. The molecule has 1 amide bonds. The van der Waals surface area contributed by atoms with Gasteiger partial charge in [-0.05, 0) is 60.9 Å². The summed E-state index contributed by atoms with van der Waals surface area (Å²) in [5, 5.41) is 0.377. The van der Waals surface area contributed by atoms with Crippen molar-refractivity contribution in [2.75, 3.05) is 17.7 Å². The van der Waals surface area contributed by atoms with Crippen molar-refractivity contribution in [1.29, 1.82) is 0 Å². The molecule has 1 saturated heterocycles. The van der Waals surface area contributed by atoms with Crippen LogP contribution >= 0.6 is 11.6 Å². The first-order chi connectivity index (χ1) is 16.5. The number of sulfonamides is 1. The van der Waals surface area contributed by atoms with Crippen LogP contribution in [-0.2, 0) is 24.7 Å². The topological polar surface area (TPSA) is 101 Å². The van der Waals surface area contributed by atoms with Crippen LogP contribution < -0.4 is 9.62 Å².